The maximum Gasteiger partial charge on any atom is 0.190 e. The number of alkyl halides is 1. The van der Waals surface area contributed by atoms with Gasteiger partial charge in [0.2, 0.25) is 0 Å². The number of Topliss-reactive ketones (excluding diaryl/α,β-unsaturated/α-hetero) is 1. The molecule has 4 fully saturated rings. The van der Waals surface area contributed by atoms with Gasteiger partial charge in [0.1, 0.15) is 36.6 Å². The Bertz CT molecular complexity index is 1090. The van der Waals surface area contributed by atoms with Crippen LogP contribution in [0.5, 0.6) is 0 Å². The minimum Gasteiger partial charge on any atom is -0.394 e. The molecular formula is C28H39FO10. The molecule has 39 heavy (non-hydrogen) atoms. The zero-order valence-electron chi connectivity index (χ0n) is 22.4. The van der Waals surface area contributed by atoms with E-state index in [0.29, 0.717) is 24.8 Å². The van der Waals surface area contributed by atoms with Gasteiger partial charge in [-0.05, 0) is 56.6 Å². The molecule has 0 amide bonds. The van der Waals surface area contributed by atoms with Gasteiger partial charge in [-0.25, -0.2) is 4.39 Å². The van der Waals surface area contributed by atoms with Crippen LogP contribution in [0.4, 0.5) is 4.39 Å². The smallest absolute Gasteiger partial charge is 0.190 e. The van der Waals surface area contributed by atoms with E-state index < -0.39 is 95.7 Å². The fraction of sp³-hybridized carbons (Fsp3) is 0.786. The van der Waals surface area contributed by atoms with E-state index in [1.165, 1.54) is 12.2 Å². The van der Waals surface area contributed by atoms with E-state index in [1.807, 2.05) is 0 Å². The van der Waals surface area contributed by atoms with E-state index >= 15 is 4.39 Å². The summed E-state index contributed by atoms with van der Waals surface area (Å²) in [5.74, 6) is -2.69. The van der Waals surface area contributed by atoms with Crippen molar-refractivity contribution in [3.8, 4) is 0 Å². The van der Waals surface area contributed by atoms with Gasteiger partial charge in [-0.1, -0.05) is 25.5 Å². The summed E-state index contributed by atoms with van der Waals surface area (Å²) in [5, 5.41) is 63.1. The lowest BCUT2D eigenvalue weighted by Gasteiger charge is -2.62. The van der Waals surface area contributed by atoms with Gasteiger partial charge in [0.25, 0.3) is 0 Å². The second kappa shape index (κ2) is 9.49. The van der Waals surface area contributed by atoms with Gasteiger partial charge >= 0.3 is 0 Å². The van der Waals surface area contributed by atoms with E-state index in [0.717, 1.165) is 0 Å². The Morgan fingerprint density at radius 1 is 1.15 bits per heavy atom. The van der Waals surface area contributed by atoms with Gasteiger partial charge in [-0.3, -0.25) is 9.59 Å². The molecule has 0 bridgehead atoms. The maximum absolute atomic E-state index is 17.3. The van der Waals surface area contributed by atoms with E-state index in [1.54, 1.807) is 26.8 Å². The van der Waals surface area contributed by atoms with Gasteiger partial charge in [-0.2, -0.15) is 0 Å². The van der Waals surface area contributed by atoms with Crippen LogP contribution >= 0.6 is 0 Å². The standard InChI is InChI=1S/C28H39FO10/c1-13-8-17-16-5-4-14-9-15(31)6-7-25(14,2)27(16,29)19(32)10-26(17,3)28(13,37)20(33)12-38-24-23(36)22(35)21(34)18(11-30)39-24/h6-7,9,13,16-19,21-24,30,32,34-37H,4-5,8,10-12H2,1-3H3. The topological polar surface area (TPSA) is 174 Å². The van der Waals surface area contributed by atoms with Crippen LogP contribution < -0.4 is 0 Å². The highest BCUT2D eigenvalue weighted by Crippen LogP contribution is 2.70. The van der Waals surface area contributed by atoms with E-state index in [4.69, 9.17) is 9.47 Å². The summed E-state index contributed by atoms with van der Waals surface area (Å²) in [6.07, 6.45) is -3.99. The molecule has 1 saturated heterocycles. The monoisotopic (exact) mass is 554 g/mol. The predicted molar refractivity (Wildman–Crippen MR) is 133 cm³/mol. The first kappa shape index (κ1) is 28.9. The first-order chi connectivity index (χ1) is 18.2. The van der Waals surface area contributed by atoms with Gasteiger partial charge in [0, 0.05) is 16.7 Å². The SMILES string of the molecule is CC1CC2C3CCC4=CC(=O)C=CC4(C)C3(F)C(O)CC2(C)C1(O)C(=O)COC1OC(CO)C(O)C(O)C1O. The fourth-order valence-corrected chi connectivity index (χ4v) is 8.61. The Hall–Kier alpha value is -1.57. The van der Waals surface area contributed by atoms with Crippen LogP contribution in [0.3, 0.4) is 0 Å². The summed E-state index contributed by atoms with van der Waals surface area (Å²) >= 11 is 0. The number of aliphatic hydroxyl groups is 6. The number of hydrogen-bond donors (Lipinski definition) is 6. The quantitative estimate of drug-likeness (QED) is 0.265. The van der Waals surface area contributed by atoms with Crippen molar-refractivity contribution in [2.24, 2.45) is 28.6 Å². The molecular weight excluding hydrogens is 515 g/mol. The fourth-order valence-electron chi connectivity index (χ4n) is 8.61. The lowest BCUT2D eigenvalue weighted by molar-refractivity contribution is -0.300. The van der Waals surface area contributed by atoms with Crippen LogP contribution in [0, 0.1) is 28.6 Å². The molecule has 11 heteroatoms. The predicted octanol–water partition coefficient (Wildman–Crippen LogP) is -0.280. The normalized spacial score (nSPS) is 53.0. The molecule has 0 aromatic carbocycles. The van der Waals surface area contributed by atoms with Crippen LogP contribution in [-0.2, 0) is 19.1 Å². The number of carbonyl (C=O) groups is 2. The number of fused-ring (bicyclic) bond motifs is 5. The Balaban J connectivity index is 1.40. The number of hydrogen-bond acceptors (Lipinski definition) is 10. The molecule has 1 aliphatic heterocycles. The molecule has 5 rings (SSSR count). The maximum atomic E-state index is 17.3. The average Bonchev–Trinajstić information content (AvgIpc) is 3.09. The third kappa shape index (κ3) is 3.74. The summed E-state index contributed by atoms with van der Waals surface area (Å²) < 4.78 is 28.0. The molecule has 4 aliphatic carbocycles. The van der Waals surface area contributed by atoms with Crippen molar-refractivity contribution in [3.05, 3.63) is 23.8 Å². The summed E-state index contributed by atoms with van der Waals surface area (Å²) in [6, 6.07) is 0. The van der Waals surface area contributed by atoms with E-state index in [-0.39, 0.29) is 12.2 Å². The zero-order chi connectivity index (χ0) is 28.7. The average molecular weight is 555 g/mol. The van der Waals surface area contributed by atoms with Gasteiger partial charge < -0.3 is 40.1 Å². The molecule has 13 atom stereocenters. The van der Waals surface area contributed by atoms with Crippen molar-refractivity contribution in [1.82, 2.24) is 0 Å². The molecule has 1 heterocycles. The molecule has 5 aliphatic rings. The van der Waals surface area contributed by atoms with Crippen molar-refractivity contribution in [2.45, 2.75) is 94.5 Å². The van der Waals surface area contributed by atoms with E-state index in [2.05, 4.69) is 0 Å². The van der Waals surface area contributed by atoms with Gasteiger partial charge in [-0.15, -0.1) is 0 Å². The summed E-state index contributed by atoms with van der Waals surface area (Å²) in [4.78, 5) is 25.7. The molecule has 0 radical (unpaired) electrons. The van der Waals surface area contributed by atoms with Crippen LogP contribution in [0.15, 0.2) is 23.8 Å². The zero-order valence-corrected chi connectivity index (χ0v) is 22.4. The van der Waals surface area contributed by atoms with Crippen molar-refractivity contribution in [3.63, 3.8) is 0 Å². The Kier molecular flexibility index (Phi) is 7.04. The minimum atomic E-state index is -2.10. The second-order valence-electron chi connectivity index (χ2n) is 12.6. The molecule has 0 aromatic heterocycles. The van der Waals surface area contributed by atoms with Crippen molar-refractivity contribution < 1.29 is 54.1 Å². The van der Waals surface area contributed by atoms with Gasteiger partial charge in [0.05, 0.1) is 12.7 Å². The van der Waals surface area contributed by atoms with Crippen molar-refractivity contribution in [1.29, 1.82) is 0 Å². The Labute approximate surface area is 226 Å². The first-order valence-electron chi connectivity index (χ1n) is 13.7. The lowest BCUT2D eigenvalue weighted by Crippen LogP contribution is -2.69. The number of ketones is 2. The third-order valence-corrected chi connectivity index (χ3v) is 10.9. The van der Waals surface area contributed by atoms with Crippen LogP contribution in [0.2, 0.25) is 0 Å². The molecule has 218 valence electrons. The number of ether oxygens (including phenoxy) is 2. The molecule has 0 aromatic rings. The Morgan fingerprint density at radius 2 is 1.85 bits per heavy atom. The number of allylic oxidation sites excluding steroid dienone is 4. The first-order valence-corrected chi connectivity index (χ1v) is 13.7. The molecule has 6 N–H and O–H groups in total. The lowest BCUT2D eigenvalue weighted by atomic mass is 9.44. The highest BCUT2D eigenvalue weighted by atomic mass is 19.1. The summed E-state index contributed by atoms with van der Waals surface area (Å²) in [7, 11) is 0. The van der Waals surface area contributed by atoms with Crippen LogP contribution in [-0.4, -0.2) is 103 Å². The number of rotatable bonds is 5. The summed E-state index contributed by atoms with van der Waals surface area (Å²) in [6.45, 7) is 3.72. The minimum absolute atomic E-state index is 0.193. The van der Waals surface area contributed by atoms with Crippen LogP contribution in [0.1, 0.15) is 46.5 Å². The second-order valence-corrected chi connectivity index (χ2v) is 12.6. The largest absolute Gasteiger partial charge is 0.394 e. The molecule has 0 spiro atoms. The number of aliphatic hydroxyl groups excluding tert-OH is 5. The van der Waals surface area contributed by atoms with Crippen LogP contribution in [0.25, 0.3) is 0 Å². The highest BCUT2D eigenvalue weighted by Gasteiger charge is 2.75. The molecule has 3 saturated carbocycles. The van der Waals surface area contributed by atoms with Gasteiger partial charge in [0.15, 0.2) is 23.5 Å². The Morgan fingerprint density at radius 3 is 2.51 bits per heavy atom. The molecule has 10 nitrogen and oxygen atoms in total. The molecule has 13 unspecified atom stereocenters. The highest BCUT2D eigenvalue weighted by molar-refractivity contribution is 6.01. The summed E-state index contributed by atoms with van der Waals surface area (Å²) in [5.41, 5.74) is -5.84. The van der Waals surface area contributed by atoms with Crippen molar-refractivity contribution in [2.75, 3.05) is 13.2 Å². The van der Waals surface area contributed by atoms with Crippen molar-refractivity contribution >= 4 is 11.6 Å². The number of halogens is 1. The number of carbonyl (C=O) groups excluding carboxylic acids is 2. The van der Waals surface area contributed by atoms with E-state index in [9.17, 15) is 40.2 Å². The third-order valence-electron chi connectivity index (χ3n) is 10.9.